The summed E-state index contributed by atoms with van der Waals surface area (Å²) >= 11 is 11.8. The molecule has 0 aliphatic rings. The topological polar surface area (TPSA) is 55.1 Å². The van der Waals surface area contributed by atoms with Gasteiger partial charge < -0.3 is 11.1 Å². The van der Waals surface area contributed by atoms with Gasteiger partial charge in [0.2, 0.25) is 5.91 Å². The molecule has 0 aromatic heterocycles. The van der Waals surface area contributed by atoms with Crippen LogP contribution in [-0.4, -0.2) is 5.91 Å². The zero-order chi connectivity index (χ0) is 13.8. The molecule has 1 amide bonds. The number of halogens is 2. The molecule has 0 radical (unpaired) electrons. The van der Waals surface area contributed by atoms with Gasteiger partial charge in [-0.05, 0) is 35.9 Å². The highest BCUT2D eigenvalue weighted by Crippen LogP contribution is 2.22. The minimum absolute atomic E-state index is 0.430. The monoisotopic (exact) mass is 294 g/mol. The van der Waals surface area contributed by atoms with Gasteiger partial charge in [-0.1, -0.05) is 35.3 Å². The molecule has 0 unspecified atom stereocenters. The summed E-state index contributed by atoms with van der Waals surface area (Å²) in [6.07, 6.45) is 0. The van der Waals surface area contributed by atoms with Crippen molar-refractivity contribution >= 4 is 34.8 Å². The number of nitrogens with two attached hydrogens (primary N) is 1. The maximum atomic E-state index is 10.9. The lowest BCUT2D eigenvalue weighted by Crippen LogP contribution is -2.10. The summed E-state index contributed by atoms with van der Waals surface area (Å²) in [6.45, 7) is 0.607. The summed E-state index contributed by atoms with van der Waals surface area (Å²) in [6, 6.07) is 12.4. The highest BCUT2D eigenvalue weighted by molar-refractivity contribution is 6.35. The number of amides is 1. The van der Waals surface area contributed by atoms with Gasteiger partial charge in [0.1, 0.15) is 0 Å². The molecule has 98 valence electrons. The van der Waals surface area contributed by atoms with Crippen LogP contribution in [0.5, 0.6) is 0 Å². The molecular weight excluding hydrogens is 283 g/mol. The van der Waals surface area contributed by atoms with E-state index in [1.165, 1.54) is 0 Å². The number of carbonyl (C=O) groups is 1. The molecule has 0 spiro atoms. The maximum Gasteiger partial charge on any atom is 0.248 e. The first kappa shape index (κ1) is 13.7. The van der Waals surface area contributed by atoms with E-state index >= 15 is 0 Å². The van der Waals surface area contributed by atoms with Crippen molar-refractivity contribution < 1.29 is 4.79 Å². The number of rotatable bonds is 4. The normalized spacial score (nSPS) is 10.2. The first-order valence-electron chi connectivity index (χ1n) is 5.63. The van der Waals surface area contributed by atoms with E-state index in [1.54, 1.807) is 30.3 Å². The number of nitrogens with one attached hydrogen (secondary N) is 1. The van der Waals surface area contributed by atoms with Gasteiger partial charge in [-0.15, -0.1) is 0 Å². The Labute approximate surface area is 121 Å². The standard InChI is InChI=1S/C14H12Cl2N2O/c15-11-5-12(16)7-13(6-11)18-8-9-1-3-10(4-2-9)14(17)19/h1-7,18H,8H2,(H2,17,19). The van der Waals surface area contributed by atoms with E-state index in [9.17, 15) is 4.79 Å². The van der Waals surface area contributed by atoms with E-state index < -0.39 is 5.91 Å². The molecule has 0 atom stereocenters. The molecule has 2 aromatic carbocycles. The second-order valence-corrected chi connectivity index (χ2v) is 4.95. The van der Waals surface area contributed by atoms with Gasteiger partial charge >= 0.3 is 0 Å². The average Bonchev–Trinajstić information content (AvgIpc) is 2.36. The Balaban J connectivity index is 2.03. The quantitative estimate of drug-likeness (QED) is 0.903. The largest absolute Gasteiger partial charge is 0.381 e. The molecule has 0 saturated heterocycles. The van der Waals surface area contributed by atoms with Crippen LogP contribution in [0.15, 0.2) is 42.5 Å². The van der Waals surface area contributed by atoms with E-state index in [2.05, 4.69) is 5.32 Å². The Bertz CT molecular complexity index is 577. The number of primary amides is 1. The highest BCUT2D eigenvalue weighted by atomic mass is 35.5. The van der Waals surface area contributed by atoms with Crippen molar-refractivity contribution in [3.63, 3.8) is 0 Å². The molecule has 5 heteroatoms. The van der Waals surface area contributed by atoms with Gasteiger partial charge in [0.05, 0.1) is 0 Å². The predicted octanol–water partition coefficient (Wildman–Crippen LogP) is 3.70. The van der Waals surface area contributed by atoms with Crippen molar-refractivity contribution in [1.29, 1.82) is 0 Å². The lowest BCUT2D eigenvalue weighted by molar-refractivity contribution is 0.100. The Kier molecular flexibility index (Phi) is 4.30. The molecule has 0 bridgehead atoms. The van der Waals surface area contributed by atoms with Gasteiger partial charge in [-0.3, -0.25) is 4.79 Å². The predicted molar refractivity (Wildman–Crippen MR) is 78.7 cm³/mol. The van der Waals surface area contributed by atoms with Crippen LogP contribution in [0, 0.1) is 0 Å². The van der Waals surface area contributed by atoms with Crippen LogP contribution in [-0.2, 0) is 6.54 Å². The molecule has 0 heterocycles. The van der Waals surface area contributed by atoms with Crippen LogP contribution >= 0.6 is 23.2 Å². The van der Waals surface area contributed by atoms with Crippen molar-refractivity contribution in [2.24, 2.45) is 5.73 Å². The maximum absolute atomic E-state index is 10.9. The number of hydrogen-bond donors (Lipinski definition) is 2. The lowest BCUT2D eigenvalue weighted by Gasteiger charge is -2.08. The average molecular weight is 295 g/mol. The second-order valence-electron chi connectivity index (χ2n) is 4.07. The third kappa shape index (κ3) is 3.88. The lowest BCUT2D eigenvalue weighted by atomic mass is 10.1. The Morgan fingerprint density at radius 1 is 1.05 bits per heavy atom. The van der Waals surface area contributed by atoms with Crippen molar-refractivity contribution in [2.45, 2.75) is 6.54 Å². The third-order valence-electron chi connectivity index (χ3n) is 2.60. The Morgan fingerprint density at radius 3 is 2.16 bits per heavy atom. The molecule has 0 aliphatic heterocycles. The molecule has 2 rings (SSSR count). The summed E-state index contributed by atoms with van der Waals surface area (Å²) in [5.74, 6) is -0.430. The zero-order valence-corrected chi connectivity index (χ0v) is 11.5. The van der Waals surface area contributed by atoms with Crippen molar-refractivity contribution in [1.82, 2.24) is 0 Å². The molecule has 0 aliphatic carbocycles. The van der Waals surface area contributed by atoms with E-state index in [4.69, 9.17) is 28.9 Å². The fraction of sp³-hybridized carbons (Fsp3) is 0.0714. The summed E-state index contributed by atoms with van der Waals surface area (Å²) in [5.41, 5.74) is 7.55. The molecule has 3 N–H and O–H groups in total. The summed E-state index contributed by atoms with van der Waals surface area (Å²) < 4.78 is 0. The van der Waals surface area contributed by atoms with Crippen LogP contribution in [0.4, 0.5) is 5.69 Å². The van der Waals surface area contributed by atoms with Gasteiger partial charge in [0.15, 0.2) is 0 Å². The molecular formula is C14H12Cl2N2O. The third-order valence-corrected chi connectivity index (χ3v) is 3.03. The summed E-state index contributed by atoms with van der Waals surface area (Å²) in [4.78, 5) is 10.9. The van der Waals surface area contributed by atoms with Gasteiger partial charge in [-0.25, -0.2) is 0 Å². The van der Waals surface area contributed by atoms with Crippen LogP contribution in [0.1, 0.15) is 15.9 Å². The number of hydrogen-bond acceptors (Lipinski definition) is 2. The van der Waals surface area contributed by atoms with E-state index in [0.29, 0.717) is 22.2 Å². The SMILES string of the molecule is NC(=O)c1ccc(CNc2cc(Cl)cc(Cl)c2)cc1. The van der Waals surface area contributed by atoms with Crippen molar-refractivity contribution in [2.75, 3.05) is 5.32 Å². The fourth-order valence-corrected chi connectivity index (χ4v) is 2.17. The fourth-order valence-electron chi connectivity index (χ4n) is 1.65. The van der Waals surface area contributed by atoms with Crippen LogP contribution in [0.25, 0.3) is 0 Å². The number of benzene rings is 2. The Morgan fingerprint density at radius 2 is 1.63 bits per heavy atom. The molecule has 2 aromatic rings. The highest BCUT2D eigenvalue weighted by Gasteiger charge is 2.01. The smallest absolute Gasteiger partial charge is 0.248 e. The van der Waals surface area contributed by atoms with Crippen LogP contribution in [0.2, 0.25) is 10.0 Å². The van der Waals surface area contributed by atoms with Crippen molar-refractivity contribution in [3.05, 3.63) is 63.6 Å². The van der Waals surface area contributed by atoms with Gasteiger partial charge in [0, 0.05) is 27.8 Å². The first-order chi connectivity index (χ1) is 9.04. The zero-order valence-electron chi connectivity index (χ0n) is 9.99. The molecule has 0 saturated carbocycles. The first-order valence-corrected chi connectivity index (χ1v) is 6.39. The van der Waals surface area contributed by atoms with Crippen LogP contribution in [0.3, 0.4) is 0 Å². The van der Waals surface area contributed by atoms with Gasteiger partial charge in [0.25, 0.3) is 0 Å². The number of carbonyl (C=O) groups excluding carboxylic acids is 1. The summed E-state index contributed by atoms with van der Waals surface area (Å²) in [5, 5.41) is 4.37. The van der Waals surface area contributed by atoms with Gasteiger partial charge in [-0.2, -0.15) is 0 Å². The molecule has 19 heavy (non-hydrogen) atoms. The Hall–Kier alpha value is -1.71. The minimum atomic E-state index is -0.430. The van der Waals surface area contributed by atoms with E-state index in [1.807, 2.05) is 12.1 Å². The molecule has 0 fully saturated rings. The summed E-state index contributed by atoms with van der Waals surface area (Å²) in [7, 11) is 0. The number of anilines is 1. The van der Waals surface area contributed by atoms with E-state index in [-0.39, 0.29) is 0 Å². The molecule has 3 nitrogen and oxygen atoms in total. The van der Waals surface area contributed by atoms with Crippen LogP contribution < -0.4 is 11.1 Å². The van der Waals surface area contributed by atoms with Crippen molar-refractivity contribution in [3.8, 4) is 0 Å². The minimum Gasteiger partial charge on any atom is -0.381 e. The second kappa shape index (κ2) is 5.95. The van der Waals surface area contributed by atoms with E-state index in [0.717, 1.165) is 11.3 Å².